The van der Waals surface area contributed by atoms with E-state index in [1.807, 2.05) is 6.92 Å². The van der Waals surface area contributed by atoms with Crippen molar-refractivity contribution in [1.29, 1.82) is 0 Å². The van der Waals surface area contributed by atoms with Gasteiger partial charge in [-0.05, 0) is 25.1 Å². The lowest BCUT2D eigenvalue weighted by molar-refractivity contribution is -0.112. The minimum absolute atomic E-state index is 0.00665. The first-order chi connectivity index (χ1) is 10.2. The van der Waals surface area contributed by atoms with E-state index >= 15 is 0 Å². The van der Waals surface area contributed by atoms with Crippen LogP contribution in [-0.2, 0) is 19.6 Å². The molecule has 2 aromatic rings. The van der Waals surface area contributed by atoms with E-state index in [9.17, 15) is 18.0 Å². The number of carbonyl (C=O) groups is 2. The van der Waals surface area contributed by atoms with Crippen molar-refractivity contribution in [3.05, 3.63) is 23.2 Å². The summed E-state index contributed by atoms with van der Waals surface area (Å²) in [5.74, 6) is 0. The molecule has 0 saturated heterocycles. The molecule has 1 aromatic heterocycles. The molecule has 2 rings (SSSR count). The highest BCUT2D eigenvalue weighted by molar-refractivity contribution is 7.97. The van der Waals surface area contributed by atoms with Crippen LogP contribution in [-0.4, -0.2) is 41.0 Å². The minimum Gasteiger partial charge on any atom is -0.286 e. The number of thiazole rings is 1. The molecule has 0 unspecified atom stereocenters. The van der Waals surface area contributed by atoms with Crippen LogP contribution in [0.15, 0.2) is 23.1 Å². The molecule has 0 saturated carbocycles. The fraction of sp³-hybridized carbons (Fsp3) is 0.250. The lowest BCUT2D eigenvalue weighted by Crippen LogP contribution is -2.37. The highest BCUT2D eigenvalue weighted by atomic mass is 32.2. The molecule has 0 aliphatic heterocycles. The molecule has 0 spiro atoms. The van der Waals surface area contributed by atoms with Crippen molar-refractivity contribution < 1.29 is 18.0 Å². The molecule has 118 valence electrons. The summed E-state index contributed by atoms with van der Waals surface area (Å²) < 4.78 is 26.7. The average molecular weight is 377 g/mol. The van der Waals surface area contributed by atoms with Crippen molar-refractivity contribution in [2.45, 2.75) is 11.8 Å². The van der Waals surface area contributed by atoms with E-state index in [-0.39, 0.29) is 4.90 Å². The number of hydrogen-bond acceptors (Lipinski definition) is 6. The first kappa shape index (κ1) is 17.4. The standard InChI is InChI=1S/C12H12N2O4S4/c1-7-13-9-3-2-8(4-10(9)21-7)22(17,18)14(5-11(15)19)6-12(16)20/h2-4H,5-6H2,1H3,(H,15,19)(H,16,20). The maximum Gasteiger partial charge on any atom is 0.243 e. The third-order valence-corrected chi connectivity index (χ3v) is 5.73. The van der Waals surface area contributed by atoms with Gasteiger partial charge in [0.2, 0.25) is 20.3 Å². The maximum absolute atomic E-state index is 12.6. The van der Waals surface area contributed by atoms with Gasteiger partial charge in [-0.1, -0.05) is 0 Å². The zero-order valence-corrected chi connectivity index (χ0v) is 14.8. The van der Waals surface area contributed by atoms with Gasteiger partial charge >= 0.3 is 0 Å². The number of thiol groups is 2. The summed E-state index contributed by atoms with van der Waals surface area (Å²) in [6.07, 6.45) is 0. The van der Waals surface area contributed by atoms with Crippen molar-refractivity contribution in [1.82, 2.24) is 9.29 Å². The van der Waals surface area contributed by atoms with E-state index in [4.69, 9.17) is 0 Å². The van der Waals surface area contributed by atoms with Crippen LogP contribution in [0.3, 0.4) is 0 Å². The number of rotatable bonds is 6. The smallest absolute Gasteiger partial charge is 0.243 e. The van der Waals surface area contributed by atoms with Crippen molar-refractivity contribution >= 4 is 67.1 Å². The van der Waals surface area contributed by atoms with Crippen LogP contribution in [0.2, 0.25) is 0 Å². The molecule has 0 aliphatic rings. The normalized spacial score (nSPS) is 12.0. The zero-order valence-electron chi connectivity index (χ0n) is 11.4. The minimum atomic E-state index is -4.00. The van der Waals surface area contributed by atoms with Gasteiger partial charge in [0.25, 0.3) is 0 Å². The van der Waals surface area contributed by atoms with E-state index in [1.165, 1.54) is 23.5 Å². The number of aromatic nitrogens is 1. The molecule has 1 heterocycles. The molecular formula is C12H12N2O4S4. The first-order valence-electron chi connectivity index (χ1n) is 6.01. The zero-order chi connectivity index (χ0) is 16.5. The lowest BCUT2D eigenvalue weighted by Gasteiger charge is -2.19. The molecule has 0 fully saturated rings. The summed E-state index contributed by atoms with van der Waals surface area (Å²) in [7, 11) is -4.00. The summed E-state index contributed by atoms with van der Waals surface area (Å²) in [5, 5.41) is -0.502. The van der Waals surface area contributed by atoms with Gasteiger partial charge in [-0.3, -0.25) is 9.59 Å². The molecule has 0 bridgehead atoms. The van der Waals surface area contributed by atoms with Crippen molar-refractivity contribution in [3.63, 3.8) is 0 Å². The Hall–Kier alpha value is -0.940. The second kappa shape index (κ2) is 6.67. The molecule has 10 heteroatoms. The summed E-state index contributed by atoms with van der Waals surface area (Å²) in [6.45, 7) is 0.819. The van der Waals surface area contributed by atoms with Crippen LogP contribution in [0, 0.1) is 6.92 Å². The van der Waals surface area contributed by atoms with E-state index in [1.54, 1.807) is 6.07 Å². The third-order valence-electron chi connectivity index (χ3n) is 2.73. The predicted molar refractivity (Wildman–Crippen MR) is 91.1 cm³/mol. The molecule has 22 heavy (non-hydrogen) atoms. The number of nitrogens with zero attached hydrogens (tertiary/aromatic N) is 2. The van der Waals surface area contributed by atoms with Crippen molar-refractivity contribution in [3.8, 4) is 0 Å². The highest BCUT2D eigenvalue weighted by Gasteiger charge is 2.27. The number of aryl methyl sites for hydroxylation is 1. The molecule has 6 nitrogen and oxygen atoms in total. The van der Waals surface area contributed by atoms with Crippen LogP contribution in [0.5, 0.6) is 0 Å². The molecule has 0 aliphatic carbocycles. The van der Waals surface area contributed by atoms with Gasteiger partial charge in [0.1, 0.15) is 0 Å². The predicted octanol–water partition coefficient (Wildman–Crippen LogP) is 1.51. The number of hydrogen-bond donors (Lipinski definition) is 2. The summed E-state index contributed by atoms with van der Waals surface area (Å²) in [6, 6.07) is 4.47. The molecule has 1 aromatic carbocycles. The van der Waals surface area contributed by atoms with Crippen LogP contribution in [0.4, 0.5) is 0 Å². The van der Waals surface area contributed by atoms with Gasteiger partial charge in [-0.2, -0.15) is 4.31 Å². The first-order valence-corrected chi connectivity index (χ1v) is 9.16. The Morgan fingerprint density at radius 2 is 1.82 bits per heavy atom. The van der Waals surface area contributed by atoms with Crippen molar-refractivity contribution in [2.75, 3.05) is 13.1 Å². The lowest BCUT2D eigenvalue weighted by atomic mass is 10.3. The Balaban J connectivity index is 2.47. The van der Waals surface area contributed by atoms with Crippen LogP contribution >= 0.6 is 36.6 Å². The van der Waals surface area contributed by atoms with Gasteiger partial charge in [-0.15, -0.1) is 36.6 Å². The van der Waals surface area contributed by atoms with Crippen LogP contribution in [0.25, 0.3) is 10.2 Å². The Bertz CT molecular complexity index is 828. The average Bonchev–Trinajstić information content (AvgIpc) is 2.75. The molecule has 0 atom stereocenters. The maximum atomic E-state index is 12.6. The van der Waals surface area contributed by atoms with E-state index in [0.717, 1.165) is 9.31 Å². The van der Waals surface area contributed by atoms with Gasteiger partial charge < -0.3 is 0 Å². The van der Waals surface area contributed by atoms with Crippen LogP contribution < -0.4 is 0 Å². The second-order valence-electron chi connectivity index (χ2n) is 4.42. The quantitative estimate of drug-likeness (QED) is 0.747. The fourth-order valence-corrected chi connectivity index (χ4v) is 4.71. The van der Waals surface area contributed by atoms with Crippen LogP contribution in [0.1, 0.15) is 5.01 Å². The van der Waals surface area contributed by atoms with E-state index < -0.39 is 33.3 Å². The summed E-state index contributed by atoms with van der Waals surface area (Å²) in [4.78, 5) is 26.5. The Morgan fingerprint density at radius 3 is 2.36 bits per heavy atom. The van der Waals surface area contributed by atoms with Gasteiger partial charge in [0.15, 0.2) is 0 Å². The fourth-order valence-electron chi connectivity index (χ4n) is 1.86. The molecule has 0 radical (unpaired) electrons. The SMILES string of the molecule is Cc1nc2ccc(S(=O)(=O)N(CC(=O)S)CC(=O)S)cc2s1. The number of carbonyl (C=O) groups excluding carboxylic acids is 2. The summed E-state index contributed by atoms with van der Waals surface area (Å²) in [5.41, 5.74) is 0.698. The van der Waals surface area contributed by atoms with Gasteiger partial charge in [0.05, 0.1) is 33.2 Å². The van der Waals surface area contributed by atoms with E-state index in [2.05, 4.69) is 30.2 Å². The van der Waals surface area contributed by atoms with Gasteiger partial charge in [0, 0.05) is 0 Å². The Morgan fingerprint density at radius 1 is 1.23 bits per heavy atom. The molecular weight excluding hydrogens is 364 g/mol. The largest absolute Gasteiger partial charge is 0.286 e. The Kier molecular flexibility index (Phi) is 5.28. The highest BCUT2D eigenvalue weighted by Crippen LogP contribution is 2.26. The summed E-state index contributed by atoms with van der Waals surface area (Å²) >= 11 is 8.52. The van der Waals surface area contributed by atoms with Crippen molar-refractivity contribution in [2.24, 2.45) is 0 Å². The van der Waals surface area contributed by atoms with Gasteiger partial charge in [-0.25, -0.2) is 13.4 Å². The number of benzene rings is 1. The monoisotopic (exact) mass is 376 g/mol. The molecule has 0 N–H and O–H groups in total. The molecule has 0 amide bonds. The topological polar surface area (TPSA) is 84.4 Å². The Labute approximate surface area is 142 Å². The second-order valence-corrected chi connectivity index (χ2v) is 8.59. The third kappa shape index (κ3) is 3.87. The number of fused-ring (bicyclic) bond motifs is 1. The number of sulfonamides is 1. The van der Waals surface area contributed by atoms with E-state index in [0.29, 0.717) is 10.2 Å².